The Morgan fingerprint density at radius 1 is 0.891 bits per heavy atom. The first-order valence-corrected chi connectivity index (χ1v) is 18.7. The van der Waals surface area contributed by atoms with Crippen LogP contribution < -0.4 is 0 Å². The fourth-order valence-electron chi connectivity index (χ4n) is 11.3. The van der Waals surface area contributed by atoms with Gasteiger partial charge in [0.05, 0.1) is 0 Å². The van der Waals surface area contributed by atoms with Crippen LogP contribution >= 0.6 is 0 Å². The van der Waals surface area contributed by atoms with Crippen LogP contribution in [0.1, 0.15) is 111 Å². The summed E-state index contributed by atoms with van der Waals surface area (Å²) in [5, 5.41) is 4.71. The first-order chi connectivity index (χ1) is 22.2. The van der Waals surface area contributed by atoms with Gasteiger partial charge in [0.1, 0.15) is 6.10 Å². The lowest BCUT2D eigenvalue weighted by atomic mass is 9.47. The van der Waals surface area contributed by atoms with E-state index < -0.39 is 0 Å². The number of carbonyl (C=O) groups excluding carboxylic acids is 1. The Labute approximate surface area is 278 Å². The second kappa shape index (κ2) is 12.6. The molecule has 4 aliphatic rings. The molecule has 3 saturated carbocycles. The van der Waals surface area contributed by atoms with Crippen molar-refractivity contribution >= 4 is 33.6 Å². The smallest absolute Gasteiger partial charge is 0.331 e. The van der Waals surface area contributed by atoms with E-state index in [1.807, 2.05) is 6.08 Å². The van der Waals surface area contributed by atoms with Crippen molar-refractivity contribution in [3.05, 3.63) is 77.9 Å². The summed E-state index contributed by atoms with van der Waals surface area (Å²) >= 11 is 0. The van der Waals surface area contributed by atoms with Gasteiger partial charge in [-0.2, -0.15) is 0 Å². The van der Waals surface area contributed by atoms with Gasteiger partial charge in [0.2, 0.25) is 0 Å². The summed E-state index contributed by atoms with van der Waals surface area (Å²) in [6.45, 7) is 12.6. The monoisotopic (exact) mass is 616 g/mol. The Hall–Kier alpha value is -2.87. The molecular weight excluding hydrogens is 560 g/mol. The number of hydrogen-bond donors (Lipinski definition) is 0. The predicted molar refractivity (Wildman–Crippen MR) is 193 cm³/mol. The zero-order chi connectivity index (χ0) is 32.1. The normalized spacial score (nSPS) is 33.1. The minimum atomic E-state index is -0.215. The van der Waals surface area contributed by atoms with Gasteiger partial charge in [-0.1, -0.05) is 114 Å². The van der Waals surface area contributed by atoms with E-state index >= 15 is 0 Å². The fraction of sp³-hybridized carbons (Fsp3) is 0.568. The number of rotatable bonds is 8. The molecule has 4 aliphatic carbocycles. The number of hydrogen-bond acceptors (Lipinski definition) is 2. The van der Waals surface area contributed by atoms with Crippen molar-refractivity contribution in [3.63, 3.8) is 0 Å². The Morgan fingerprint density at radius 2 is 1.61 bits per heavy atom. The Kier molecular flexibility index (Phi) is 8.71. The average Bonchev–Trinajstić information content (AvgIpc) is 3.40. The molecule has 0 N–H and O–H groups in total. The van der Waals surface area contributed by atoms with Crippen LogP contribution in [-0.4, -0.2) is 12.1 Å². The van der Waals surface area contributed by atoms with Crippen LogP contribution in [0.2, 0.25) is 0 Å². The van der Waals surface area contributed by atoms with Crippen LogP contribution in [0.5, 0.6) is 0 Å². The zero-order valence-electron chi connectivity index (χ0n) is 29.1. The topological polar surface area (TPSA) is 26.3 Å². The Bertz CT molecular complexity index is 1590. The minimum Gasteiger partial charge on any atom is -0.459 e. The van der Waals surface area contributed by atoms with Crippen LogP contribution in [0, 0.1) is 46.3 Å². The van der Waals surface area contributed by atoms with Crippen LogP contribution in [0.25, 0.3) is 27.6 Å². The van der Waals surface area contributed by atoms with Crippen molar-refractivity contribution in [1.82, 2.24) is 0 Å². The van der Waals surface area contributed by atoms with E-state index in [9.17, 15) is 4.79 Å². The maximum Gasteiger partial charge on any atom is 0.331 e. The van der Waals surface area contributed by atoms with Crippen LogP contribution in [0.4, 0.5) is 0 Å². The second-order valence-corrected chi connectivity index (χ2v) is 16.7. The summed E-state index contributed by atoms with van der Waals surface area (Å²) < 4.78 is 6.17. The highest BCUT2D eigenvalue weighted by molar-refractivity contribution is 6.08. The van der Waals surface area contributed by atoms with Crippen LogP contribution in [0.15, 0.2) is 72.3 Å². The van der Waals surface area contributed by atoms with Crippen molar-refractivity contribution in [2.45, 2.75) is 111 Å². The van der Waals surface area contributed by atoms with E-state index in [1.54, 1.807) is 11.6 Å². The van der Waals surface area contributed by atoms with Crippen molar-refractivity contribution in [2.24, 2.45) is 46.3 Å². The largest absolute Gasteiger partial charge is 0.459 e. The first kappa shape index (κ1) is 31.7. The third kappa shape index (κ3) is 5.67. The molecule has 244 valence electrons. The summed E-state index contributed by atoms with van der Waals surface area (Å²) in [6.07, 6.45) is 20.4. The van der Waals surface area contributed by atoms with Gasteiger partial charge in [-0.05, 0) is 131 Å². The predicted octanol–water partition coefficient (Wildman–Crippen LogP) is 12.0. The van der Waals surface area contributed by atoms with Crippen LogP contribution in [-0.2, 0) is 9.53 Å². The van der Waals surface area contributed by atoms with Gasteiger partial charge in [0.15, 0.2) is 0 Å². The molecular formula is C44H56O2. The molecule has 0 aromatic heterocycles. The minimum absolute atomic E-state index is 0.0197. The third-order valence-electron chi connectivity index (χ3n) is 13.7. The summed E-state index contributed by atoms with van der Waals surface area (Å²) in [5.74, 6) is 4.86. The van der Waals surface area contributed by atoms with Gasteiger partial charge >= 0.3 is 5.97 Å². The molecule has 3 fully saturated rings. The molecule has 0 unspecified atom stereocenters. The lowest BCUT2D eigenvalue weighted by molar-refractivity contribution is -0.145. The third-order valence-corrected chi connectivity index (χ3v) is 13.7. The van der Waals surface area contributed by atoms with Crippen molar-refractivity contribution in [1.29, 1.82) is 0 Å². The highest BCUT2D eigenvalue weighted by Gasteiger charge is 2.59. The molecule has 0 aliphatic heterocycles. The number of esters is 1. The number of carbonyl (C=O) groups is 1. The maximum absolute atomic E-state index is 13.2. The number of fused-ring (bicyclic) bond motifs is 7. The summed E-state index contributed by atoms with van der Waals surface area (Å²) in [6, 6.07) is 19.1. The summed E-state index contributed by atoms with van der Waals surface area (Å²) in [5.41, 5.74) is 3.47. The van der Waals surface area contributed by atoms with E-state index in [0.717, 1.165) is 60.3 Å². The number of benzene rings is 3. The van der Waals surface area contributed by atoms with Gasteiger partial charge in [-0.3, -0.25) is 0 Å². The van der Waals surface area contributed by atoms with Gasteiger partial charge in [-0.15, -0.1) is 0 Å². The van der Waals surface area contributed by atoms with Gasteiger partial charge in [-0.25, -0.2) is 4.79 Å². The molecule has 2 nitrogen and oxygen atoms in total. The quantitative estimate of drug-likeness (QED) is 0.109. The molecule has 7 rings (SSSR count). The van der Waals surface area contributed by atoms with Gasteiger partial charge in [0.25, 0.3) is 0 Å². The highest BCUT2D eigenvalue weighted by Crippen LogP contribution is 2.67. The van der Waals surface area contributed by atoms with Crippen LogP contribution in [0.3, 0.4) is 0 Å². The highest BCUT2D eigenvalue weighted by atomic mass is 16.5. The molecule has 3 aromatic carbocycles. The first-order valence-electron chi connectivity index (χ1n) is 18.7. The maximum atomic E-state index is 13.2. The number of allylic oxidation sites excluding steroid dienone is 1. The van der Waals surface area contributed by atoms with E-state index in [4.69, 9.17) is 4.74 Å². The molecule has 0 spiro atoms. The molecule has 0 radical (unpaired) electrons. The molecule has 0 bridgehead atoms. The van der Waals surface area contributed by atoms with Crippen molar-refractivity contribution < 1.29 is 9.53 Å². The zero-order valence-corrected chi connectivity index (χ0v) is 29.1. The molecule has 8 atom stereocenters. The van der Waals surface area contributed by atoms with Gasteiger partial charge in [0, 0.05) is 12.5 Å². The number of ether oxygens (including phenoxy) is 1. The van der Waals surface area contributed by atoms with Crippen molar-refractivity contribution in [3.8, 4) is 0 Å². The lowest BCUT2D eigenvalue weighted by Gasteiger charge is -2.58. The SMILES string of the molecule is CC(C)CCC[C@@H](C)[C@H]1CC[C@H]2[C@@H]3CC=C4C[C@@H](OC(=O)/C=C/c5c6ccccc6cc6ccccc56)CC[C@]4(C)[C@H]3CC[C@]12C. The molecule has 46 heavy (non-hydrogen) atoms. The van der Waals surface area contributed by atoms with E-state index in [-0.39, 0.29) is 17.5 Å². The Morgan fingerprint density at radius 3 is 2.33 bits per heavy atom. The second-order valence-electron chi connectivity index (χ2n) is 16.7. The molecule has 0 heterocycles. The average molecular weight is 617 g/mol. The summed E-state index contributed by atoms with van der Waals surface area (Å²) in [7, 11) is 0. The van der Waals surface area contributed by atoms with Crippen molar-refractivity contribution in [2.75, 3.05) is 0 Å². The molecule has 0 amide bonds. The molecule has 0 saturated heterocycles. The summed E-state index contributed by atoms with van der Waals surface area (Å²) in [4.78, 5) is 13.2. The van der Waals surface area contributed by atoms with Gasteiger partial charge < -0.3 is 4.74 Å². The lowest BCUT2D eigenvalue weighted by Crippen LogP contribution is -2.51. The Balaban J connectivity index is 1.02. The molecule has 2 heteroatoms. The standard InChI is InChI=1S/C44H56O2/c1-29(2)11-10-12-30(3)39-20-21-40-38-18-17-33-28-34(23-25-43(33,4)41(38)24-26-44(39,40)5)46-42(45)22-19-37-35-15-8-6-13-31(35)27-32-14-7-9-16-36(32)37/h6-9,13-17,19,22,27,29-30,34,38-41H,10-12,18,20-21,23-26,28H2,1-5H3/b22-19+/t30-,34+,38+,39-,40+,41+,43+,44-/m1/s1. The van der Waals surface area contributed by atoms with E-state index in [1.165, 1.54) is 72.9 Å². The molecule has 3 aromatic rings. The van der Waals surface area contributed by atoms with E-state index in [0.29, 0.717) is 5.41 Å². The fourth-order valence-corrected chi connectivity index (χ4v) is 11.3. The van der Waals surface area contributed by atoms with E-state index in [2.05, 4.69) is 95.3 Å².